The molecule has 0 bridgehead atoms. The van der Waals surface area contributed by atoms with E-state index in [2.05, 4.69) is 0 Å². The second-order valence-corrected chi connectivity index (χ2v) is 6.20. The van der Waals surface area contributed by atoms with Crippen molar-refractivity contribution in [1.29, 1.82) is 0 Å². The van der Waals surface area contributed by atoms with Crippen molar-refractivity contribution in [3.8, 4) is 0 Å². The van der Waals surface area contributed by atoms with Gasteiger partial charge in [0.2, 0.25) is 5.78 Å². The van der Waals surface area contributed by atoms with Gasteiger partial charge in [0.1, 0.15) is 5.82 Å². The van der Waals surface area contributed by atoms with E-state index >= 15 is 0 Å². The van der Waals surface area contributed by atoms with Gasteiger partial charge in [0.25, 0.3) is 0 Å². The van der Waals surface area contributed by atoms with Gasteiger partial charge in [-0.3, -0.25) is 4.79 Å². The van der Waals surface area contributed by atoms with Crippen molar-refractivity contribution >= 4 is 29.2 Å². The molecule has 5 heteroatoms. The van der Waals surface area contributed by atoms with Gasteiger partial charge in [0.05, 0.1) is 0 Å². The number of Topliss-reactive ketones (excluding diaryl/α,β-unsaturated/α-hetero) is 1. The van der Waals surface area contributed by atoms with Gasteiger partial charge in [0.15, 0.2) is 6.61 Å². The molecule has 22 heavy (non-hydrogen) atoms. The molecule has 0 aliphatic rings. The number of hydrogen-bond donors (Lipinski definition) is 0. The van der Waals surface area contributed by atoms with E-state index in [1.54, 1.807) is 18.2 Å². The van der Waals surface area contributed by atoms with E-state index in [0.29, 0.717) is 11.1 Å². The second-order valence-electron chi connectivity index (χ2n) is 4.74. The van der Waals surface area contributed by atoms with E-state index in [0.717, 1.165) is 9.75 Å². The van der Waals surface area contributed by atoms with Gasteiger partial charge in [-0.25, -0.2) is 9.18 Å². The van der Waals surface area contributed by atoms with Crippen LogP contribution in [-0.4, -0.2) is 18.4 Å². The van der Waals surface area contributed by atoms with E-state index in [-0.39, 0.29) is 18.2 Å². The number of hydrogen-bond acceptors (Lipinski definition) is 4. The summed E-state index contributed by atoms with van der Waals surface area (Å²) < 4.78 is 17.7. The highest BCUT2D eigenvalue weighted by Gasteiger charge is 2.13. The van der Waals surface area contributed by atoms with Crippen molar-refractivity contribution in [2.24, 2.45) is 0 Å². The standard InChI is InChI=1S/C17H15FO3S/c1-11-9-15(12(2)22-11)16(19)10-21-17(20)8-5-13-3-6-14(18)7-4-13/h3-9H,10H2,1-2H3/b8-5+. The predicted molar refractivity (Wildman–Crippen MR) is 84.5 cm³/mol. The molecule has 0 unspecified atom stereocenters. The molecule has 1 heterocycles. The number of halogens is 1. The molecular weight excluding hydrogens is 303 g/mol. The molecule has 0 fully saturated rings. The molecule has 3 nitrogen and oxygen atoms in total. The summed E-state index contributed by atoms with van der Waals surface area (Å²) in [6.45, 7) is 3.50. The van der Waals surface area contributed by atoms with Gasteiger partial charge in [-0.05, 0) is 43.7 Å². The zero-order valence-electron chi connectivity index (χ0n) is 12.3. The first-order valence-electron chi connectivity index (χ1n) is 6.66. The number of ketones is 1. The lowest BCUT2D eigenvalue weighted by Crippen LogP contribution is -2.12. The number of thiophene rings is 1. The smallest absolute Gasteiger partial charge is 0.331 e. The molecule has 0 aliphatic carbocycles. The van der Waals surface area contributed by atoms with E-state index in [1.807, 2.05) is 13.8 Å². The number of esters is 1. The number of ether oxygens (including phenoxy) is 1. The highest BCUT2D eigenvalue weighted by Crippen LogP contribution is 2.21. The van der Waals surface area contributed by atoms with Gasteiger partial charge < -0.3 is 4.74 Å². The molecule has 0 spiro atoms. The Hall–Kier alpha value is -2.27. The van der Waals surface area contributed by atoms with Crippen LogP contribution in [0.4, 0.5) is 4.39 Å². The van der Waals surface area contributed by atoms with Crippen LogP contribution in [0.25, 0.3) is 6.08 Å². The van der Waals surface area contributed by atoms with Crippen LogP contribution in [0.2, 0.25) is 0 Å². The van der Waals surface area contributed by atoms with Crippen LogP contribution in [0, 0.1) is 19.7 Å². The first-order chi connectivity index (χ1) is 10.5. The van der Waals surface area contributed by atoms with Crippen LogP contribution in [0.15, 0.2) is 36.4 Å². The Morgan fingerprint density at radius 1 is 1.23 bits per heavy atom. The summed E-state index contributed by atoms with van der Waals surface area (Å²) in [4.78, 5) is 25.5. The van der Waals surface area contributed by atoms with Crippen LogP contribution in [-0.2, 0) is 9.53 Å². The Balaban J connectivity index is 1.88. The Morgan fingerprint density at radius 3 is 2.50 bits per heavy atom. The average molecular weight is 318 g/mol. The molecule has 114 valence electrons. The highest BCUT2D eigenvalue weighted by molar-refractivity contribution is 7.12. The minimum absolute atomic E-state index is 0.217. The van der Waals surface area contributed by atoms with Crippen molar-refractivity contribution < 1.29 is 18.7 Å². The lowest BCUT2D eigenvalue weighted by atomic mass is 10.2. The Bertz CT molecular complexity index is 714. The lowest BCUT2D eigenvalue weighted by Gasteiger charge is -2.01. The van der Waals surface area contributed by atoms with Gasteiger partial charge in [-0.1, -0.05) is 12.1 Å². The fourth-order valence-electron chi connectivity index (χ4n) is 1.91. The topological polar surface area (TPSA) is 43.4 Å². The average Bonchev–Trinajstić information content (AvgIpc) is 2.83. The Kier molecular flexibility index (Phi) is 5.22. The number of carbonyl (C=O) groups is 2. The van der Waals surface area contributed by atoms with Gasteiger partial charge >= 0.3 is 5.97 Å². The minimum atomic E-state index is -0.609. The molecule has 0 amide bonds. The first-order valence-corrected chi connectivity index (χ1v) is 7.48. The minimum Gasteiger partial charge on any atom is -0.454 e. The van der Waals surface area contributed by atoms with E-state index in [4.69, 9.17) is 4.74 Å². The molecule has 0 atom stereocenters. The molecule has 1 aromatic carbocycles. The normalized spacial score (nSPS) is 10.9. The number of benzene rings is 1. The summed E-state index contributed by atoms with van der Waals surface area (Å²) in [6.07, 6.45) is 2.72. The van der Waals surface area contributed by atoms with Gasteiger partial charge in [-0.15, -0.1) is 11.3 Å². The quantitative estimate of drug-likeness (QED) is 0.476. The van der Waals surface area contributed by atoms with Gasteiger partial charge in [-0.2, -0.15) is 0 Å². The summed E-state index contributed by atoms with van der Waals surface area (Å²) in [7, 11) is 0. The fraction of sp³-hybridized carbons (Fsp3) is 0.176. The summed E-state index contributed by atoms with van der Waals surface area (Å²) in [5.41, 5.74) is 1.27. The second kappa shape index (κ2) is 7.13. The van der Waals surface area contributed by atoms with E-state index < -0.39 is 5.97 Å². The van der Waals surface area contributed by atoms with Crippen LogP contribution in [0.5, 0.6) is 0 Å². The third-order valence-corrected chi connectivity index (χ3v) is 3.93. The van der Waals surface area contributed by atoms with Crippen LogP contribution in [0.3, 0.4) is 0 Å². The van der Waals surface area contributed by atoms with Crippen molar-refractivity contribution in [3.05, 3.63) is 63.1 Å². The number of rotatable bonds is 5. The molecule has 1 aromatic heterocycles. The zero-order chi connectivity index (χ0) is 16.1. The number of aryl methyl sites for hydroxylation is 2. The third kappa shape index (κ3) is 4.36. The molecule has 0 aliphatic heterocycles. The van der Waals surface area contributed by atoms with Gasteiger partial charge in [0, 0.05) is 21.4 Å². The maximum Gasteiger partial charge on any atom is 0.331 e. The van der Waals surface area contributed by atoms with Crippen molar-refractivity contribution in [2.45, 2.75) is 13.8 Å². The zero-order valence-corrected chi connectivity index (χ0v) is 13.1. The highest BCUT2D eigenvalue weighted by atomic mass is 32.1. The summed E-state index contributed by atoms with van der Waals surface area (Å²) >= 11 is 1.53. The molecular formula is C17H15FO3S. The van der Waals surface area contributed by atoms with Crippen molar-refractivity contribution in [3.63, 3.8) is 0 Å². The molecule has 2 rings (SSSR count). The lowest BCUT2D eigenvalue weighted by molar-refractivity contribution is -0.136. The molecule has 2 aromatic rings. The predicted octanol–water partition coefficient (Wildman–Crippen LogP) is 3.94. The Morgan fingerprint density at radius 2 is 1.91 bits per heavy atom. The maximum atomic E-state index is 12.7. The summed E-state index contributed by atoms with van der Waals surface area (Å²) in [5, 5.41) is 0. The third-order valence-electron chi connectivity index (χ3n) is 2.97. The SMILES string of the molecule is Cc1cc(C(=O)COC(=O)/C=C/c2ccc(F)cc2)c(C)s1. The largest absolute Gasteiger partial charge is 0.454 e. The van der Waals surface area contributed by atoms with Crippen LogP contribution in [0.1, 0.15) is 25.7 Å². The van der Waals surface area contributed by atoms with Crippen molar-refractivity contribution in [1.82, 2.24) is 0 Å². The van der Waals surface area contributed by atoms with Crippen LogP contribution < -0.4 is 0 Å². The monoisotopic (exact) mass is 318 g/mol. The fourth-order valence-corrected chi connectivity index (χ4v) is 2.85. The maximum absolute atomic E-state index is 12.7. The Labute approximate surface area is 132 Å². The summed E-state index contributed by atoms with van der Waals surface area (Å²) in [6, 6.07) is 7.49. The first kappa shape index (κ1) is 16.1. The number of carbonyl (C=O) groups excluding carboxylic acids is 2. The molecule has 0 saturated heterocycles. The molecule has 0 saturated carbocycles. The van der Waals surface area contributed by atoms with E-state index in [9.17, 15) is 14.0 Å². The van der Waals surface area contributed by atoms with Crippen molar-refractivity contribution in [2.75, 3.05) is 6.61 Å². The molecule has 0 N–H and O–H groups in total. The summed E-state index contributed by atoms with van der Waals surface area (Å²) in [5.74, 6) is -1.17. The van der Waals surface area contributed by atoms with E-state index in [1.165, 1.54) is 35.6 Å². The molecule has 0 radical (unpaired) electrons. The van der Waals surface area contributed by atoms with Crippen LogP contribution >= 0.6 is 11.3 Å².